The van der Waals surface area contributed by atoms with Gasteiger partial charge in [-0.15, -0.1) is 0 Å². The minimum absolute atomic E-state index is 0.103. The van der Waals surface area contributed by atoms with Gasteiger partial charge in [0.25, 0.3) is 5.97 Å². The van der Waals surface area contributed by atoms with E-state index in [0.717, 1.165) is 0 Å². The molecule has 0 heterocycles. The Bertz CT molecular complexity index is 149. The van der Waals surface area contributed by atoms with Crippen LogP contribution in [0.1, 0.15) is 32.1 Å². The number of unbranched alkanes of at least 4 members (excludes halogenated alkanes) is 2. The maximum atomic E-state index is 10.6. The first-order valence-electron chi connectivity index (χ1n) is 4.19. The van der Waals surface area contributed by atoms with Crippen LogP contribution in [0.5, 0.6) is 0 Å². The summed E-state index contributed by atoms with van der Waals surface area (Å²) in [7, 11) is 1.32. The monoisotopic (exact) mass is 192 g/mol. The third-order valence-electron chi connectivity index (χ3n) is 1.62. The maximum Gasteiger partial charge on any atom is 0.305 e. The normalized spacial score (nSPS) is 11.4. The second-order valence-electron chi connectivity index (χ2n) is 2.91. The zero-order valence-corrected chi connectivity index (χ0v) is 7.69. The fourth-order valence-corrected chi connectivity index (χ4v) is 0.910. The van der Waals surface area contributed by atoms with E-state index in [1.807, 2.05) is 0 Å². The summed E-state index contributed by atoms with van der Waals surface area (Å²) in [6.07, 6.45) is 1.96. The van der Waals surface area contributed by atoms with Crippen molar-refractivity contribution >= 4 is 5.97 Å². The van der Waals surface area contributed by atoms with E-state index in [-0.39, 0.29) is 12.4 Å². The molecule has 0 atom stereocenters. The van der Waals surface area contributed by atoms with Crippen LogP contribution in [0.25, 0.3) is 0 Å². The molecule has 0 spiro atoms. The van der Waals surface area contributed by atoms with Crippen molar-refractivity contribution in [3.8, 4) is 0 Å². The van der Waals surface area contributed by atoms with Crippen LogP contribution in [-0.2, 0) is 9.53 Å². The molecule has 3 N–H and O–H groups in total. The van der Waals surface area contributed by atoms with Crippen molar-refractivity contribution in [2.24, 2.45) is 0 Å². The van der Waals surface area contributed by atoms with Crippen LogP contribution in [0.3, 0.4) is 0 Å². The van der Waals surface area contributed by atoms with Gasteiger partial charge in [0.05, 0.1) is 7.11 Å². The summed E-state index contributed by atoms with van der Waals surface area (Å²) in [5.41, 5.74) is 0. The molecule has 78 valence electrons. The molecule has 0 aliphatic rings. The van der Waals surface area contributed by atoms with Crippen LogP contribution in [0, 0.1) is 0 Å². The summed E-state index contributed by atoms with van der Waals surface area (Å²) in [6.45, 7) is 0. The number of esters is 1. The summed E-state index contributed by atoms with van der Waals surface area (Å²) in [6, 6.07) is 0. The lowest BCUT2D eigenvalue weighted by Crippen LogP contribution is -2.26. The third kappa shape index (κ3) is 9.26. The maximum absolute atomic E-state index is 10.6. The van der Waals surface area contributed by atoms with Gasteiger partial charge in [0.2, 0.25) is 0 Å². The molecule has 0 radical (unpaired) electrons. The van der Waals surface area contributed by atoms with Crippen molar-refractivity contribution in [1.82, 2.24) is 0 Å². The summed E-state index contributed by atoms with van der Waals surface area (Å²) >= 11 is 0. The summed E-state index contributed by atoms with van der Waals surface area (Å²) in [5.74, 6) is -2.85. The van der Waals surface area contributed by atoms with Gasteiger partial charge in [-0.3, -0.25) is 4.79 Å². The van der Waals surface area contributed by atoms with Crippen molar-refractivity contribution in [3.63, 3.8) is 0 Å². The molecule has 0 amide bonds. The average Bonchev–Trinajstić information content (AvgIpc) is 2.01. The van der Waals surface area contributed by atoms with Gasteiger partial charge >= 0.3 is 5.97 Å². The van der Waals surface area contributed by atoms with Crippen LogP contribution >= 0.6 is 0 Å². The highest BCUT2D eigenvalue weighted by atomic mass is 16.7. The molecule has 0 aromatic heterocycles. The molecule has 0 aliphatic carbocycles. The number of carbonyl (C=O) groups excluding carboxylic acids is 1. The lowest BCUT2D eigenvalue weighted by molar-refractivity contribution is -0.315. The molecule has 0 aliphatic heterocycles. The third-order valence-corrected chi connectivity index (χ3v) is 1.62. The van der Waals surface area contributed by atoms with E-state index in [0.29, 0.717) is 25.7 Å². The van der Waals surface area contributed by atoms with Crippen molar-refractivity contribution in [2.75, 3.05) is 7.11 Å². The molecule has 0 unspecified atom stereocenters. The first kappa shape index (κ1) is 12.3. The lowest BCUT2D eigenvalue weighted by Gasteiger charge is -2.12. The molecule has 5 nitrogen and oxygen atoms in total. The van der Waals surface area contributed by atoms with Gasteiger partial charge in [0, 0.05) is 12.8 Å². The van der Waals surface area contributed by atoms with Gasteiger partial charge < -0.3 is 20.1 Å². The van der Waals surface area contributed by atoms with E-state index in [9.17, 15) is 4.79 Å². The average molecular weight is 192 g/mol. The van der Waals surface area contributed by atoms with E-state index >= 15 is 0 Å². The molecule has 0 saturated heterocycles. The van der Waals surface area contributed by atoms with E-state index in [2.05, 4.69) is 4.74 Å². The second-order valence-corrected chi connectivity index (χ2v) is 2.91. The Morgan fingerprint density at radius 1 is 1.23 bits per heavy atom. The standard InChI is InChI=1S/C8H16O5/c1-13-7(9)5-3-2-4-6-8(10,11)12/h10-12H,2-6H2,1H3. The smallest absolute Gasteiger partial charge is 0.305 e. The lowest BCUT2D eigenvalue weighted by atomic mass is 10.1. The van der Waals surface area contributed by atoms with Crippen molar-refractivity contribution < 1.29 is 24.9 Å². The van der Waals surface area contributed by atoms with E-state index in [4.69, 9.17) is 15.3 Å². The fourth-order valence-electron chi connectivity index (χ4n) is 0.910. The zero-order chi connectivity index (χ0) is 10.3. The van der Waals surface area contributed by atoms with Crippen molar-refractivity contribution in [1.29, 1.82) is 0 Å². The van der Waals surface area contributed by atoms with Crippen LogP contribution < -0.4 is 0 Å². The van der Waals surface area contributed by atoms with E-state index < -0.39 is 5.97 Å². The number of carbonyl (C=O) groups is 1. The highest BCUT2D eigenvalue weighted by Gasteiger charge is 2.16. The summed E-state index contributed by atoms with van der Waals surface area (Å²) in [4.78, 5) is 10.6. The van der Waals surface area contributed by atoms with Gasteiger partial charge in [-0.05, 0) is 12.8 Å². The number of ether oxygens (including phenoxy) is 1. The Balaban J connectivity index is 3.22. The minimum atomic E-state index is -2.58. The Morgan fingerprint density at radius 2 is 1.85 bits per heavy atom. The Labute approximate surface area is 77.0 Å². The van der Waals surface area contributed by atoms with Gasteiger partial charge in [-0.2, -0.15) is 0 Å². The largest absolute Gasteiger partial charge is 0.469 e. The Kier molecular flexibility index (Phi) is 5.61. The molecule has 0 bridgehead atoms. The van der Waals surface area contributed by atoms with Gasteiger partial charge in [-0.25, -0.2) is 0 Å². The first-order valence-corrected chi connectivity index (χ1v) is 4.19. The van der Waals surface area contributed by atoms with E-state index in [1.165, 1.54) is 7.11 Å². The molecule has 0 rings (SSSR count). The number of rotatable bonds is 6. The topological polar surface area (TPSA) is 87.0 Å². The number of hydrogen-bond acceptors (Lipinski definition) is 5. The Morgan fingerprint density at radius 3 is 2.31 bits per heavy atom. The summed E-state index contributed by atoms with van der Waals surface area (Å²) < 4.78 is 4.41. The van der Waals surface area contributed by atoms with Gasteiger partial charge in [-0.1, -0.05) is 6.42 Å². The fraction of sp³-hybridized carbons (Fsp3) is 0.875. The molecular formula is C8H16O5. The molecule has 13 heavy (non-hydrogen) atoms. The second kappa shape index (κ2) is 5.90. The number of hydrogen-bond donors (Lipinski definition) is 3. The van der Waals surface area contributed by atoms with Crippen molar-refractivity contribution in [3.05, 3.63) is 0 Å². The number of aliphatic hydroxyl groups is 3. The number of methoxy groups -OCH3 is 1. The van der Waals surface area contributed by atoms with Gasteiger partial charge in [0.15, 0.2) is 0 Å². The predicted octanol–water partition coefficient (Wildman–Crippen LogP) is -0.259. The predicted molar refractivity (Wildman–Crippen MR) is 44.5 cm³/mol. The zero-order valence-electron chi connectivity index (χ0n) is 7.69. The highest BCUT2D eigenvalue weighted by Crippen LogP contribution is 2.09. The molecule has 0 aromatic rings. The van der Waals surface area contributed by atoms with Crippen LogP contribution in [-0.4, -0.2) is 34.4 Å². The highest BCUT2D eigenvalue weighted by molar-refractivity contribution is 5.68. The van der Waals surface area contributed by atoms with Crippen molar-refractivity contribution in [2.45, 2.75) is 38.1 Å². The molecule has 0 fully saturated rings. The van der Waals surface area contributed by atoms with E-state index in [1.54, 1.807) is 0 Å². The van der Waals surface area contributed by atoms with Crippen LogP contribution in [0.4, 0.5) is 0 Å². The van der Waals surface area contributed by atoms with Gasteiger partial charge in [0.1, 0.15) is 0 Å². The SMILES string of the molecule is COC(=O)CCCCCC(O)(O)O. The molecule has 5 heteroatoms. The molecule has 0 aromatic carbocycles. The van der Waals surface area contributed by atoms with Crippen LogP contribution in [0.2, 0.25) is 0 Å². The first-order chi connectivity index (χ1) is 5.95. The molecule has 0 saturated carbocycles. The van der Waals surface area contributed by atoms with Crippen LogP contribution in [0.15, 0.2) is 0 Å². The molecular weight excluding hydrogens is 176 g/mol. The quantitative estimate of drug-likeness (QED) is 0.306. The Hall–Kier alpha value is -0.650. The summed E-state index contributed by atoms with van der Waals surface area (Å²) in [5, 5.41) is 25.5. The minimum Gasteiger partial charge on any atom is -0.469 e.